The highest BCUT2D eigenvalue weighted by atomic mass is 32.2. The first-order valence-electron chi connectivity index (χ1n) is 11.0. The molecular weight excluding hydrogens is 464 g/mol. The van der Waals surface area contributed by atoms with Crippen molar-refractivity contribution in [1.29, 1.82) is 0 Å². The number of amides is 1. The number of carbonyl (C=O) groups is 6. The quantitative estimate of drug-likeness (QED) is 0.193. The molecule has 0 saturated heterocycles. The van der Waals surface area contributed by atoms with Crippen LogP contribution in [-0.4, -0.2) is 59.8 Å². The predicted octanol–water partition coefficient (Wildman–Crippen LogP) is -1.87. The van der Waals surface area contributed by atoms with E-state index in [9.17, 15) is 39.0 Å². The molecule has 2 unspecified atom stereocenters. The minimum absolute atomic E-state index is 0.00398. The van der Waals surface area contributed by atoms with E-state index in [1.807, 2.05) is 0 Å². The van der Waals surface area contributed by atoms with Gasteiger partial charge in [0.15, 0.2) is 11.6 Å². The van der Waals surface area contributed by atoms with Crippen molar-refractivity contribution >= 4 is 47.0 Å². The second kappa shape index (κ2) is 17.7. The van der Waals surface area contributed by atoms with Gasteiger partial charge in [0.2, 0.25) is 5.91 Å². The second-order valence-electron chi connectivity index (χ2n) is 7.77. The van der Waals surface area contributed by atoms with Gasteiger partial charge in [0.25, 0.3) is 0 Å². The number of carbonyl (C=O) groups excluding carboxylic acids is 6. The Balaban J connectivity index is 0.000000712. The molecule has 190 valence electrons. The van der Waals surface area contributed by atoms with Crippen molar-refractivity contribution in [2.45, 2.75) is 57.9 Å². The number of unbranched alkanes of at least 4 members (excludes halogenated alkanes) is 2. The molecule has 0 bridgehead atoms. The minimum Gasteiger partial charge on any atom is -0.548 e. The number of Topliss-reactive ketones (excluding diaryl/α,β-unsaturated/α-hetero) is 1. The molecule has 1 amide bonds. The van der Waals surface area contributed by atoms with Crippen LogP contribution in [0.2, 0.25) is 0 Å². The fourth-order valence-electron chi connectivity index (χ4n) is 2.88. The number of hydrogen-bond donors (Lipinski definition) is 2. The highest BCUT2D eigenvalue weighted by Gasteiger charge is 2.22. The Morgan fingerprint density at radius 1 is 1.12 bits per heavy atom. The van der Waals surface area contributed by atoms with Gasteiger partial charge < -0.3 is 30.9 Å². The zero-order valence-electron chi connectivity index (χ0n) is 19.6. The molecule has 2 atom stereocenters. The maximum atomic E-state index is 11.7. The first-order valence-corrected chi connectivity index (χ1v) is 12.4. The molecule has 0 fully saturated rings. The first kappa shape index (κ1) is 31.2. The molecule has 1 rings (SSSR count). The molecule has 0 aliphatic heterocycles. The Morgan fingerprint density at radius 2 is 1.79 bits per heavy atom. The van der Waals surface area contributed by atoms with Crippen molar-refractivity contribution in [2.24, 2.45) is 5.92 Å². The van der Waals surface area contributed by atoms with Gasteiger partial charge in [0.1, 0.15) is 11.8 Å². The van der Waals surface area contributed by atoms with E-state index < -0.39 is 36.4 Å². The summed E-state index contributed by atoms with van der Waals surface area (Å²) in [5, 5.41) is 22.9. The van der Waals surface area contributed by atoms with Gasteiger partial charge in [0, 0.05) is 30.6 Å². The number of nitrogens with one attached hydrogen (secondary N) is 1. The zero-order chi connectivity index (χ0) is 26.1. The molecule has 10 nitrogen and oxygen atoms in total. The van der Waals surface area contributed by atoms with Crippen molar-refractivity contribution in [3.8, 4) is 0 Å². The molecule has 0 radical (unpaired) electrons. The van der Waals surface area contributed by atoms with Crippen LogP contribution in [0, 0.1) is 5.92 Å². The molecule has 4 N–H and O–H groups in total. The van der Waals surface area contributed by atoms with Crippen LogP contribution in [0.25, 0.3) is 0 Å². The highest BCUT2D eigenvalue weighted by Crippen LogP contribution is 2.14. The summed E-state index contributed by atoms with van der Waals surface area (Å²) in [5.41, 5.74) is 4.01. The lowest BCUT2D eigenvalue weighted by atomic mass is 9.98. The lowest BCUT2D eigenvalue weighted by Gasteiger charge is -2.16. The first-order chi connectivity index (χ1) is 16.0. The summed E-state index contributed by atoms with van der Waals surface area (Å²) < 4.78 is 0. The normalized spacial score (nSPS) is 14.4. The fraction of sp³-hybridized carbons (Fsp3) is 0.565. The fourth-order valence-corrected chi connectivity index (χ4v) is 3.55. The smallest absolute Gasteiger partial charge is 0.224 e. The Bertz CT molecular complexity index is 807. The van der Waals surface area contributed by atoms with E-state index in [4.69, 9.17) is 0 Å². The van der Waals surface area contributed by atoms with Crippen molar-refractivity contribution in [1.82, 2.24) is 5.32 Å². The molecule has 11 heteroatoms. The molecule has 0 aromatic rings. The number of hydrogen-bond acceptors (Lipinski definition) is 9. The summed E-state index contributed by atoms with van der Waals surface area (Å²) >= 11 is 1.35. The molecule has 34 heavy (non-hydrogen) atoms. The van der Waals surface area contributed by atoms with Crippen LogP contribution in [-0.2, 0) is 28.8 Å². The number of thioether (sulfide) groups is 1. The van der Waals surface area contributed by atoms with E-state index in [0.29, 0.717) is 11.3 Å². The Kier molecular flexibility index (Phi) is 16.2. The van der Waals surface area contributed by atoms with Gasteiger partial charge in [-0.05, 0) is 37.3 Å². The minimum atomic E-state index is -1.41. The highest BCUT2D eigenvalue weighted by molar-refractivity contribution is 7.98. The van der Waals surface area contributed by atoms with E-state index in [1.54, 1.807) is 6.26 Å². The third kappa shape index (κ3) is 14.4. The predicted molar refractivity (Wildman–Crippen MR) is 122 cm³/mol. The van der Waals surface area contributed by atoms with E-state index in [-0.39, 0.29) is 36.6 Å². The molecular formula is C23H33N2O8S-. The van der Waals surface area contributed by atoms with Gasteiger partial charge in [-0.25, -0.2) is 0 Å². The topological polar surface area (TPSA) is 188 Å². The average Bonchev–Trinajstić information content (AvgIpc) is 2.78. The summed E-state index contributed by atoms with van der Waals surface area (Å²) in [6, 6.07) is -0.972. The lowest BCUT2D eigenvalue weighted by molar-refractivity contribution is -0.438. The molecule has 0 aromatic carbocycles. The van der Waals surface area contributed by atoms with Gasteiger partial charge in [-0.15, -0.1) is 0 Å². The summed E-state index contributed by atoms with van der Waals surface area (Å²) in [6.07, 6.45) is 9.85. The number of carboxylic acids is 2. The number of ketones is 3. The van der Waals surface area contributed by atoms with Crippen LogP contribution < -0.4 is 21.3 Å². The van der Waals surface area contributed by atoms with Gasteiger partial charge in [-0.1, -0.05) is 19.8 Å². The van der Waals surface area contributed by atoms with Crippen LogP contribution in [0.1, 0.15) is 51.9 Å². The van der Waals surface area contributed by atoms with Gasteiger partial charge >= 0.3 is 0 Å². The van der Waals surface area contributed by atoms with Crippen molar-refractivity contribution < 1.29 is 44.7 Å². The maximum absolute atomic E-state index is 11.7. The van der Waals surface area contributed by atoms with Crippen molar-refractivity contribution in [3.63, 3.8) is 0 Å². The summed E-state index contributed by atoms with van der Waals surface area (Å²) in [4.78, 5) is 66.4. The number of rotatable bonds is 15. The third-order valence-electron chi connectivity index (χ3n) is 4.81. The summed E-state index contributed by atoms with van der Waals surface area (Å²) in [7, 11) is 0. The van der Waals surface area contributed by atoms with Crippen LogP contribution in [0.3, 0.4) is 0 Å². The lowest BCUT2D eigenvalue weighted by Crippen LogP contribution is -2.68. The van der Waals surface area contributed by atoms with Gasteiger partial charge in [-0.3, -0.25) is 19.2 Å². The summed E-state index contributed by atoms with van der Waals surface area (Å²) in [5.74, 6) is -3.90. The average molecular weight is 498 g/mol. The van der Waals surface area contributed by atoms with Gasteiger partial charge in [-0.2, -0.15) is 11.8 Å². The number of carboxylic acid groups (broad SMARTS) is 2. The van der Waals surface area contributed by atoms with Crippen LogP contribution >= 0.6 is 11.8 Å². The molecule has 0 spiro atoms. The zero-order valence-corrected chi connectivity index (χ0v) is 20.4. The Morgan fingerprint density at radius 3 is 2.35 bits per heavy atom. The van der Waals surface area contributed by atoms with E-state index in [1.165, 1.54) is 30.0 Å². The van der Waals surface area contributed by atoms with Crippen molar-refractivity contribution in [3.05, 3.63) is 23.8 Å². The third-order valence-corrected chi connectivity index (χ3v) is 5.54. The van der Waals surface area contributed by atoms with Gasteiger partial charge in [0.05, 0.1) is 24.4 Å². The molecule has 0 heterocycles. The number of aliphatic carboxylic acids is 2. The van der Waals surface area contributed by atoms with E-state index in [2.05, 4.69) is 18.0 Å². The molecule has 0 aromatic heterocycles. The number of allylic oxidation sites excluding steroid dienone is 4. The molecule has 0 saturated carbocycles. The SMILES string of the molecule is CCCCCC1=CC(=O)C=CC1=O.CSCC(CC(=O)CCC([NH3+])C(=O)[O-])C(=O)NCC(=O)[O-]. The van der Waals surface area contributed by atoms with E-state index >= 15 is 0 Å². The van der Waals surface area contributed by atoms with Crippen molar-refractivity contribution in [2.75, 3.05) is 18.6 Å². The number of quaternary nitrogens is 1. The second-order valence-corrected chi connectivity index (χ2v) is 8.68. The van der Waals surface area contributed by atoms with Crippen LogP contribution in [0.5, 0.6) is 0 Å². The largest absolute Gasteiger partial charge is 0.548 e. The molecule has 1 aliphatic carbocycles. The maximum Gasteiger partial charge on any atom is 0.224 e. The van der Waals surface area contributed by atoms with E-state index in [0.717, 1.165) is 25.7 Å². The standard InChI is InChI=1S/C12H20N2O6S.C11H14O2/c1-21-6-7(11(18)14-5-10(16)17)4-8(15)2-3-9(13)12(19)20;1-2-3-4-5-9-8-10(12)6-7-11(9)13/h7,9H,2-6,13H2,1H3,(H,14,18)(H,16,17)(H,19,20);6-8H,2-5H2,1H3/p-1. The Labute approximate surface area is 203 Å². The Hall–Kier alpha value is -2.79. The molecule has 1 aliphatic rings. The van der Waals surface area contributed by atoms with Crippen LogP contribution in [0.15, 0.2) is 23.8 Å². The van der Waals surface area contributed by atoms with Crippen LogP contribution in [0.4, 0.5) is 0 Å². The monoisotopic (exact) mass is 497 g/mol. The summed E-state index contributed by atoms with van der Waals surface area (Å²) in [6.45, 7) is 1.51.